The number of aromatic amines is 1. The number of ether oxygens (including phenoxy) is 1. The van der Waals surface area contributed by atoms with Crippen molar-refractivity contribution in [3.63, 3.8) is 0 Å². The summed E-state index contributed by atoms with van der Waals surface area (Å²) >= 11 is 7.02. The predicted octanol–water partition coefficient (Wildman–Crippen LogP) is 2.13. The lowest BCUT2D eigenvalue weighted by molar-refractivity contribution is -0.113. The molecule has 128 valence electrons. The van der Waals surface area contributed by atoms with Gasteiger partial charge in [-0.2, -0.15) is 0 Å². The SMILES string of the molecule is O=C(CSc1n[nH]c(=O)n1C[C@@H]1CCCO1)Nc1ccc(Cl)cc1. The molecule has 1 atom stereocenters. The highest BCUT2D eigenvalue weighted by molar-refractivity contribution is 7.99. The van der Waals surface area contributed by atoms with Gasteiger partial charge in [-0.15, -0.1) is 5.10 Å². The second-order valence-electron chi connectivity index (χ2n) is 5.40. The molecule has 1 saturated heterocycles. The van der Waals surface area contributed by atoms with Gasteiger partial charge in [0.15, 0.2) is 5.16 Å². The van der Waals surface area contributed by atoms with Crippen LogP contribution in [0.2, 0.25) is 5.02 Å². The number of nitrogens with zero attached hydrogens (tertiary/aromatic N) is 2. The Morgan fingerprint density at radius 2 is 2.25 bits per heavy atom. The van der Waals surface area contributed by atoms with Crippen molar-refractivity contribution in [2.45, 2.75) is 30.6 Å². The first kappa shape index (κ1) is 17.1. The molecule has 1 fully saturated rings. The molecule has 24 heavy (non-hydrogen) atoms. The summed E-state index contributed by atoms with van der Waals surface area (Å²) in [4.78, 5) is 23.9. The van der Waals surface area contributed by atoms with Crippen molar-refractivity contribution in [3.05, 3.63) is 39.8 Å². The normalized spacial score (nSPS) is 17.1. The number of carbonyl (C=O) groups is 1. The first-order valence-corrected chi connectivity index (χ1v) is 8.93. The van der Waals surface area contributed by atoms with Crippen LogP contribution < -0.4 is 11.0 Å². The molecule has 0 aliphatic carbocycles. The summed E-state index contributed by atoms with van der Waals surface area (Å²) in [6.45, 7) is 1.18. The Balaban J connectivity index is 1.57. The van der Waals surface area contributed by atoms with Crippen LogP contribution in [0, 0.1) is 0 Å². The smallest absolute Gasteiger partial charge is 0.344 e. The molecule has 1 aliphatic heterocycles. The first-order valence-electron chi connectivity index (χ1n) is 7.57. The van der Waals surface area contributed by atoms with E-state index in [1.807, 2.05) is 0 Å². The van der Waals surface area contributed by atoms with E-state index in [1.165, 1.54) is 16.3 Å². The van der Waals surface area contributed by atoms with E-state index in [-0.39, 0.29) is 23.5 Å². The topological polar surface area (TPSA) is 89.0 Å². The average Bonchev–Trinajstić information content (AvgIpc) is 3.19. The number of hydrogen-bond donors (Lipinski definition) is 2. The molecular weight excluding hydrogens is 352 g/mol. The molecule has 2 heterocycles. The zero-order valence-corrected chi connectivity index (χ0v) is 14.4. The van der Waals surface area contributed by atoms with Gasteiger partial charge in [-0.3, -0.25) is 9.36 Å². The first-order chi connectivity index (χ1) is 11.6. The van der Waals surface area contributed by atoms with Gasteiger partial charge in [0.25, 0.3) is 0 Å². The van der Waals surface area contributed by atoms with E-state index in [9.17, 15) is 9.59 Å². The number of rotatable bonds is 6. The fourth-order valence-electron chi connectivity index (χ4n) is 2.43. The Bertz CT molecular complexity index is 753. The van der Waals surface area contributed by atoms with Crippen molar-refractivity contribution in [2.24, 2.45) is 0 Å². The molecule has 2 aromatic rings. The Morgan fingerprint density at radius 1 is 1.46 bits per heavy atom. The van der Waals surface area contributed by atoms with Crippen LogP contribution in [-0.4, -0.2) is 39.1 Å². The molecule has 1 amide bonds. The van der Waals surface area contributed by atoms with Gasteiger partial charge in [-0.1, -0.05) is 23.4 Å². The van der Waals surface area contributed by atoms with Gasteiger partial charge in [0.2, 0.25) is 5.91 Å². The number of thioether (sulfide) groups is 1. The number of carbonyl (C=O) groups excluding carboxylic acids is 1. The minimum Gasteiger partial charge on any atom is -0.376 e. The zero-order chi connectivity index (χ0) is 16.9. The second kappa shape index (κ2) is 7.87. The Labute approximate surface area is 147 Å². The number of nitrogens with one attached hydrogen (secondary N) is 2. The standard InChI is InChI=1S/C15H17ClN4O3S/c16-10-3-5-11(6-4-10)17-13(21)9-24-15-19-18-14(22)20(15)8-12-2-1-7-23-12/h3-6,12H,1-2,7-9H2,(H,17,21)(H,18,22)/t12-/m0/s1. The number of hydrogen-bond acceptors (Lipinski definition) is 5. The minimum absolute atomic E-state index is 0.0301. The van der Waals surface area contributed by atoms with Crippen molar-refractivity contribution in [2.75, 3.05) is 17.7 Å². The van der Waals surface area contributed by atoms with E-state index < -0.39 is 0 Å². The maximum atomic E-state index is 12.0. The lowest BCUT2D eigenvalue weighted by Crippen LogP contribution is -2.25. The number of aromatic nitrogens is 3. The molecule has 1 aliphatic rings. The zero-order valence-electron chi connectivity index (χ0n) is 12.8. The summed E-state index contributed by atoms with van der Waals surface area (Å²) in [5, 5.41) is 10.3. The van der Waals surface area contributed by atoms with Gasteiger partial charge in [-0.05, 0) is 37.1 Å². The second-order valence-corrected chi connectivity index (χ2v) is 6.78. The maximum Gasteiger partial charge on any atom is 0.344 e. The van der Waals surface area contributed by atoms with Gasteiger partial charge in [0.05, 0.1) is 18.4 Å². The van der Waals surface area contributed by atoms with Gasteiger partial charge < -0.3 is 10.1 Å². The third kappa shape index (κ3) is 4.40. The Morgan fingerprint density at radius 3 is 2.96 bits per heavy atom. The van der Waals surface area contributed by atoms with Crippen molar-refractivity contribution < 1.29 is 9.53 Å². The average molecular weight is 369 g/mol. The van der Waals surface area contributed by atoms with Crippen LogP contribution in [0.3, 0.4) is 0 Å². The van der Waals surface area contributed by atoms with Crippen LogP contribution in [0.15, 0.2) is 34.2 Å². The molecule has 0 spiro atoms. The molecular formula is C15H17ClN4O3S. The lowest BCUT2D eigenvalue weighted by atomic mass is 10.2. The Hall–Kier alpha value is -1.77. The minimum atomic E-state index is -0.286. The summed E-state index contributed by atoms with van der Waals surface area (Å²) in [5.41, 5.74) is 0.384. The van der Waals surface area contributed by atoms with Crippen LogP contribution in [0.1, 0.15) is 12.8 Å². The molecule has 1 aromatic carbocycles. The third-order valence-electron chi connectivity index (χ3n) is 3.59. The number of benzene rings is 1. The number of amides is 1. The molecule has 3 rings (SSSR count). The van der Waals surface area contributed by atoms with E-state index in [1.54, 1.807) is 24.3 Å². The monoisotopic (exact) mass is 368 g/mol. The quantitative estimate of drug-likeness (QED) is 0.762. The molecule has 0 unspecified atom stereocenters. The van der Waals surface area contributed by atoms with Crippen LogP contribution in [0.4, 0.5) is 5.69 Å². The van der Waals surface area contributed by atoms with E-state index in [2.05, 4.69) is 15.5 Å². The summed E-state index contributed by atoms with van der Waals surface area (Å²) in [5.74, 6) is -0.0280. The molecule has 0 radical (unpaired) electrons. The molecule has 7 nitrogen and oxygen atoms in total. The van der Waals surface area contributed by atoms with Gasteiger partial charge in [0, 0.05) is 17.3 Å². The maximum absolute atomic E-state index is 12.0. The van der Waals surface area contributed by atoms with Crippen molar-refractivity contribution in [3.8, 4) is 0 Å². The van der Waals surface area contributed by atoms with Crippen LogP contribution >= 0.6 is 23.4 Å². The summed E-state index contributed by atoms with van der Waals surface area (Å²) in [6.07, 6.45) is 1.96. The summed E-state index contributed by atoms with van der Waals surface area (Å²) in [7, 11) is 0. The van der Waals surface area contributed by atoms with Crippen LogP contribution in [0.5, 0.6) is 0 Å². The van der Waals surface area contributed by atoms with E-state index in [0.717, 1.165) is 19.4 Å². The molecule has 0 bridgehead atoms. The molecule has 0 saturated carbocycles. The van der Waals surface area contributed by atoms with E-state index in [0.29, 0.717) is 22.4 Å². The fourth-order valence-corrected chi connectivity index (χ4v) is 3.31. The fraction of sp³-hybridized carbons (Fsp3) is 0.400. The number of halogens is 1. The highest BCUT2D eigenvalue weighted by Gasteiger charge is 2.20. The summed E-state index contributed by atoms with van der Waals surface area (Å²) in [6, 6.07) is 6.87. The Kier molecular flexibility index (Phi) is 5.60. The summed E-state index contributed by atoms with van der Waals surface area (Å²) < 4.78 is 7.07. The van der Waals surface area contributed by atoms with Gasteiger partial charge in [-0.25, -0.2) is 9.89 Å². The van der Waals surface area contributed by atoms with E-state index in [4.69, 9.17) is 16.3 Å². The lowest BCUT2D eigenvalue weighted by Gasteiger charge is -2.11. The van der Waals surface area contributed by atoms with Crippen LogP contribution in [0.25, 0.3) is 0 Å². The van der Waals surface area contributed by atoms with E-state index >= 15 is 0 Å². The molecule has 1 aromatic heterocycles. The molecule has 2 N–H and O–H groups in total. The van der Waals surface area contributed by atoms with Gasteiger partial charge >= 0.3 is 5.69 Å². The van der Waals surface area contributed by atoms with Crippen molar-refractivity contribution >= 4 is 35.0 Å². The predicted molar refractivity (Wildman–Crippen MR) is 92.6 cm³/mol. The number of anilines is 1. The third-order valence-corrected chi connectivity index (χ3v) is 4.82. The van der Waals surface area contributed by atoms with Crippen molar-refractivity contribution in [1.82, 2.24) is 14.8 Å². The van der Waals surface area contributed by atoms with Crippen LogP contribution in [-0.2, 0) is 16.1 Å². The molecule has 9 heteroatoms. The largest absolute Gasteiger partial charge is 0.376 e. The number of H-pyrrole nitrogens is 1. The van der Waals surface area contributed by atoms with Crippen molar-refractivity contribution in [1.29, 1.82) is 0 Å². The highest BCUT2D eigenvalue weighted by Crippen LogP contribution is 2.19. The highest BCUT2D eigenvalue weighted by atomic mass is 35.5. The van der Waals surface area contributed by atoms with Gasteiger partial charge in [0.1, 0.15) is 0 Å².